The Hall–Kier alpha value is -0.800. The molecule has 0 spiro atoms. The molecule has 0 bridgehead atoms. The second kappa shape index (κ2) is 6.22. The third-order valence-corrected chi connectivity index (χ3v) is 3.57. The van der Waals surface area contributed by atoms with E-state index >= 15 is 0 Å². The average Bonchev–Trinajstić information content (AvgIpc) is 2.38. The Morgan fingerprint density at radius 2 is 2.41 bits per heavy atom. The highest BCUT2D eigenvalue weighted by Crippen LogP contribution is 2.23. The summed E-state index contributed by atoms with van der Waals surface area (Å²) in [5.41, 5.74) is 0. The molecule has 1 saturated heterocycles. The van der Waals surface area contributed by atoms with Gasteiger partial charge in [0.25, 0.3) is 0 Å². The average molecular weight is 254 g/mol. The Morgan fingerprint density at radius 3 is 3.06 bits per heavy atom. The van der Waals surface area contributed by atoms with Crippen LogP contribution in [0.2, 0.25) is 5.02 Å². The molecule has 0 aliphatic carbocycles. The lowest BCUT2D eigenvalue weighted by molar-refractivity contribution is 0.400. The second-order valence-corrected chi connectivity index (χ2v) is 4.90. The normalized spacial score (nSPS) is 20.2. The van der Waals surface area contributed by atoms with Crippen molar-refractivity contribution in [3.8, 4) is 0 Å². The second-order valence-electron chi connectivity index (χ2n) is 4.49. The number of hydrogen-bond acceptors (Lipinski definition) is 3. The molecule has 2 heterocycles. The van der Waals surface area contributed by atoms with E-state index < -0.39 is 0 Å². The molecule has 0 amide bonds. The Labute approximate surface area is 108 Å². The molecule has 1 aliphatic rings. The number of piperidine rings is 1. The van der Waals surface area contributed by atoms with E-state index in [1.165, 1.54) is 19.3 Å². The molecule has 0 aromatic carbocycles. The molecule has 1 aromatic heterocycles. The van der Waals surface area contributed by atoms with Gasteiger partial charge >= 0.3 is 0 Å². The molecule has 1 atom stereocenters. The number of anilines is 1. The van der Waals surface area contributed by atoms with Crippen LogP contribution in [0.25, 0.3) is 0 Å². The Kier molecular flexibility index (Phi) is 4.63. The standard InChI is InChI=1S/C13H20ClN3/c1-2-17(10-11-6-3-4-8-15-11)13-12(14)7-5-9-16-13/h5,7,9,11,15H,2-4,6,8,10H2,1H3. The SMILES string of the molecule is CCN(CC1CCCCN1)c1ncccc1Cl. The third-order valence-electron chi connectivity index (χ3n) is 3.27. The summed E-state index contributed by atoms with van der Waals surface area (Å²) in [6.45, 7) is 5.22. The molecule has 0 saturated carbocycles. The van der Waals surface area contributed by atoms with Gasteiger partial charge in [-0.05, 0) is 38.4 Å². The zero-order chi connectivity index (χ0) is 12.1. The van der Waals surface area contributed by atoms with E-state index in [0.717, 1.165) is 30.5 Å². The van der Waals surface area contributed by atoms with Crippen LogP contribution in [0.5, 0.6) is 0 Å². The molecule has 1 fully saturated rings. The number of nitrogens with zero attached hydrogens (tertiary/aromatic N) is 2. The summed E-state index contributed by atoms with van der Waals surface area (Å²) >= 11 is 6.19. The number of aromatic nitrogens is 1. The fourth-order valence-electron chi connectivity index (χ4n) is 2.32. The van der Waals surface area contributed by atoms with Crippen molar-refractivity contribution in [3.63, 3.8) is 0 Å². The first kappa shape index (κ1) is 12.7. The van der Waals surface area contributed by atoms with Gasteiger partial charge in [-0.15, -0.1) is 0 Å². The van der Waals surface area contributed by atoms with Crippen molar-refractivity contribution in [2.45, 2.75) is 32.2 Å². The van der Waals surface area contributed by atoms with Gasteiger partial charge in [-0.3, -0.25) is 0 Å². The van der Waals surface area contributed by atoms with Gasteiger partial charge in [-0.2, -0.15) is 0 Å². The van der Waals surface area contributed by atoms with Gasteiger partial charge in [0, 0.05) is 25.3 Å². The van der Waals surface area contributed by atoms with Gasteiger partial charge in [0.2, 0.25) is 0 Å². The largest absolute Gasteiger partial charge is 0.354 e. The van der Waals surface area contributed by atoms with E-state index in [1.807, 2.05) is 12.1 Å². The molecule has 1 unspecified atom stereocenters. The lowest BCUT2D eigenvalue weighted by Gasteiger charge is -2.31. The summed E-state index contributed by atoms with van der Waals surface area (Å²) in [7, 11) is 0. The summed E-state index contributed by atoms with van der Waals surface area (Å²) in [6, 6.07) is 4.35. The fraction of sp³-hybridized carbons (Fsp3) is 0.615. The van der Waals surface area contributed by atoms with Crippen molar-refractivity contribution >= 4 is 17.4 Å². The van der Waals surface area contributed by atoms with Crippen molar-refractivity contribution in [1.82, 2.24) is 10.3 Å². The highest BCUT2D eigenvalue weighted by molar-refractivity contribution is 6.32. The van der Waals surface area contributed by atoms with Gasteiger partial charge in [-0.25, -0.2) is 4.98 Å². The maximum absolute atomic E-state index is 6.19. The van der Waals surface area contributed by atoms with E-state index in [0.29, 0.717) is 6.04 Å². The minimum absolute atomic E-state index is 0.571. The van der Waals surface area contributed by atoms with Crippen molar-refractivity contribution in [2.24, 2.45) is 0 Å². The maximum Gasteiger partial charge on any atom is 0.147 e. The van der Waals surface area contributed by atoms with Crippen molar-refractivity contribution in [1.29, 1.82) is 0 Å². The fourth-order valence-corrected chi connectivity index (χ4v) is 2.56. The van der Waals surface area contributed by atoms with E-state index in [9.17, 15) is 0 Å². The van der Waals surface area contributed by atoms with Crippen LogP contribution in [-0.4, -0.2) is 30.7 Å². The van der Waals surface area contributed by atoms with Crippen LogP contribution < -0.4 is 10.2 Å². The van der Waals surface area contributed by atoms with Crippen LogP contribution in [0, 0.1) is 0 Å². The Bertz CT molecular complexity index is 350. The number of nitrogens with one attached hydrogen (secondary N) is 1. The summed E-state index contributed by atoms with van der Waals surface area (Å²) in [6.07, 6.45) is 5.68. The molecular formula is C13H20ClN3. The zero-order valence-electron chi connectivity index (χ0n) is 10.3. The molecule has 94 valence electrons. The molecule has 2 rings (SSSR count). The summed E-state index contributed by atoms with van der Waals surface area (Å²) in [5.74, 6) is 0.907. The predicted octanol–water partition coefficient (Wildman–Crippen LogP) is 2.70. The topological polar surface area (TPSA) is 28.2 Å². The first-order chi connectivity index (χ1) is 8.31. The van der Waals surface area contributed by atoms with E-state index in [2.05, 4.69) is 22.1 Å². The van der Waals surface area contributed by atoms with Gasteiger partial charge in [0.1, 0.15) is 5.82 Å². The van der Waals surface area contributed by atoms with E-state index in [4.69, 9.17) is 11.6 Å². The van der Waals surface area contributed by atoms with Gasteiger partial charge < -0.3 is 10.2 Å². The molecule has 17 heavy (non-hydrogen) atoms. The minimum atomic E-state index is 0.571. The first-order valence-electron chi connectivity index (χ1n) is 6.40. The molecule has 4 heteroatoms. The monoisotopic (exact) mass is 253 g/mol. The number of hydrogen-bond donors (Lipinski definition) is 1. The number of rotatable bonds is 4. The van der Waals surface area contributed by atoms with Crippen LogP contribution in [0.3, 0.4) is 0 Å². The molecule has 3 nitrogen and oxygen atoms in total. The Morgan fingerprint density at radius 1 is 1.53 bits per heavy atom. The maximum atomic E-state index is 6.19. The molecule has 0 radical (unpaired) electrons. The summed E-state index contributed by atoms with van der Waals surface area (Å²) in [5, 5.41) is 4.30. The zero-order valence-corrected chi connectivity index (χ0v) is 11.1. The van der Waals surface area contributed by atoms with Crippen LogP contribution in [0.4, 0.5) is 5.82 Å². The van der Waals surface area contributed by atoms with E-state index in [1.54, 1.807) is 6.20 Å². The molecule has 1 N–H and O–H groups in total. The van der Waals surface area contributed by atoms with Crippen LogP contribution in [0.15, 0.2) is 18.3 Å². The number of likely N-dealkylation sites (N-methyl/N-ethyl adjacent to an activating group) is 1. The van der Waals surface area contributed by atoms with Crippen LogP contribution >= 0.6 is 11.6 Å². The van der Waals surface area contributed by atoms with E-state index in [-0.39, 0.29) is 0 Å². The highest BCUT2D eigenvalue weighted by atomic mass is 35.5. The minimum Gasteiger partial charge on any atom is -0.354 e. The Balaban J connectivity index is 2.03. The number of halogens is 1. The van der Waals surface area contributed by atoms with Gasteiger partial charge in [-0.1, -0.05) is 18.0 Å². The van der Waals surface area contributed by atoms with Crippen molar-refractivity contribution < 1.29 is 0 Å². The third kappa shape index (κ3) is 3.33. The predicted molar refractivity (Wildman–Crippen MR) is 72.8 cm³/mol. The molecule has 1 aromatic rings. The quantitative estimate of drug-likeness (QED) is 0.894. The number of pyridine rings is 1. The lowest BCUT2D eigenvalue weighted by atomic mass is 10.0. The van der Waals surface area contributed by atoms with Crippen molar-refractivity contribution in [3.05, 3.63) is 23.4 Å². The van der Waals surface area contributed by atoms with Crippen molar-refractivity contribution in [2.75, 3.05) is 24.5 Å². The van der Waals surface area contributed by atoms with Crippen LogP contribution in [-0.2, 0) is 0 Å². The van der Waals surface area contributed by atoms with Gasteiger partial charge in [0.05, 0.1) is 5.02 Å². The van der Waals surface area contributed by atoms with Gasteiger partial charge in [0.15, 0.2) is 0 Å². The smallest absolute Gasteiger partial charge is 0.147 e. The summed E-state index contributed by atoms with van der Waals surface area (Å²) in [4.78, 5) is 6.64. The van der Waals surface area contributed by atoms with Crippen LogP contribution in [0.1, 0.15) is 26.2 Å². The lowest BCUT2D eigenvalue weighted by Crippen LogP contribution is -2.44. The summed E-state index contributed by atoms with van der Waals surface area (Å²) < 4.78 is 0. The highest BCUT2D eigenvalue weighted by Gasteiger charge is 2.17. The molecule has 1 aliphatic heterocycles. The molecular weight excluding hydrogens is 234 g/mol. The first-order valence-corrected chi connectivity index (χ1v) is 6.78.